The van der Waals surface area contributed by atoms with Gasteiger partial charge in [0, 0.05) is 29.1 Å². The predicted molar refractivity (Wildman–Crippen MR) is 50.6 cm³/mol. The summed E-state index contributed by atoms with van der Waals surface area (Å²) in [5.41, 5.74) is 1.74. The van der Waals surface area contributed by atoms with Gasteiger partial charge in [-0.1, -0.05) is 0 Å². The molecule has 2 aromatic rings. The van der Waals surface area contributed by atoms with Gasteiger partial charge in [-0.25, -0.2) is 8.78 Å². The van der Waals surface area contributed by atoms with Crippen molar-refractivity contribution in [1.82, 2.24) is 4.98 Å². The van der Waals surface area contributed by atoms with Crippen LogP contribution in [0, 0.1) is 18.6 Å². The van der Waals surface area contributed by atoms with Crippen LogP contribution < -0.4 is 0 Å². The maximum Gasteiger partial charge on any atom is 0.133 e. The zero-order valence-corrected chi connectivity index (χ0v) is 7.35. The van der Waals surface area contributed by atoms with Crippen molar-refractivity contribution in [3.05, 3.63) is 54.7 Å². The Bertz CT molecular complexity index is 460. The molecule has 0 spiro atoms. The highest BCUT2D eigenvalue weighted by Gasteiger charge is 2.06. The molecule has 0 fully saturated rings. The smallest absolute Gasteiger partial charge is 0.133 e. The Kier molecular flexibility index (Phi) is 2.08. The SMILES string of the molecule is [CH2]c1cc(-c2ccc(F)cc2F)c[nH]1. The van der Waals surface area contributed by atoms with Crippen molar-refractivity contribution in [1.29, 1.82) is 0 Å². The highest BCUT2D eigenvalue weighted by molar-refractivity contribution is 5.64. The molecule has 0 bridgehead atoms. The van der Waals surface area contributed by atoms with E-state index in [1.165, 1.54) is 12.1 Å². The molecule has 0 saturated carbocycles. The van der Waals surface area contributed by atoms with Gasteiger partial charge in [-0.05, 0) is 25.1 Å². The normalized spacial score (nSPS) is 10.5. The van der Waals surface area contributed by atoms with E-state index >= 15 is 0 Å². The number of hydrogen-bond acceptors (Lipinski definition) is 0. The highest BCUT2D eigenvalue weighted by atomic mass is 19.1. The number of rotatable bonds is 1. The minimum Gasteiger partial charge on any atom is -0.364 e. The third-order valence-corrected chi connectivity index (χ3v) is 1.98. The number of H-pyrrole nitrogens is 1. The molecule has 1 aromatic heterocycles. The van der Waals surface area contributed by atoms with E-state index in [9.17, 15) is 8.78 Å². The Morgan fingerprint density at radius 2 is 1.93 bits per heavy atom. The molecular formula is C11H8F2N. The Hall–Kier alpha value is -1.64. The predicted octanol–water partition coefficient (Wildman–Crippen LogP) is 3.14. The van der Waals surface area contributed by atoms with Gasteiger partial charge in [0.1, 0.15) is 11.6 Å². The minimum absolute atomic E-state index is 0.373. The Morgan fingerprint density at radius 1 is 1.14 bits per heavy atom. The van der Waals surface area contributed by atoms with Gasteiger partial charge >= 0.3 is 0 Å². The lowest BCUT2D eigenvalue weighted by molar-refractivity contribution is 0.585. The van der Waals surface area contributed by atoms with Crippen molar-refractivity contribution in [3.63, 3.8) is 0 Å². The van der Waals surface area contributed by atoms with Crippen LogP contribution in [0.1, 0.15) is 5.69 Å². The molecule has 0 aliphatic carbocycles. The van der Waals surface area contributed by atoms with E-state index in [4.69, 9.17) is 0 Å². The topological polar surface area (TPSA) is 15.8 Å². The van der Waals surface area contributed by atoms with Crippen molar-refractivity contribution in [2.45, 2.75) is 0 Å². The number of aromatic amines is 1. The number of halogens is 2. The molecule has 0 amide bonds. The van der Waals surface area contributed by atoms with E-state index in [0.29, 0.717) is 16.8 Å². The van der Waals surface area contributed by atoms with Crippen LogP contribution in [-0.4, -0.2) is 4.98 Å². The van der Waals surface area contributed by atoms with Gasteiger partial charge < -0.3 is 4.98 Å². The summed E-state index contributed by atoms with van der Waals surface area (Å²) < 4.78 is 25.9. The lowest BCUT2D eigenvalue weighted by Crippen LogP contribution is -1.84. The maximum absolute atomic E-state index is 13.3. The molecule has 71 valence electrons. The van der Waals surface area contributed by atoms with Crippen LogP contribution in [0.3, 0.4) is 0 Å². The largest absolute Gasteiger partial charge is 0.364 e. The molecule has 1 radical (unpaired) electrons. The Morgan fingerprint density at radius 3 is 2.50 bits per heavy atom. The molecule has 3 heteroatoms. The molecule has 0 aliphatic rings. The van der Waals surface area contributed by atoms with Gasteiger partial charge in [-0.2, -0.15) is 0 Å². The first-order valence-corrected chi connectivity index (χ1v) is 4.12. The molecule has 1 N–H and O–H groups in total. The maximum atomic E-state index is 13.3. The lowest BCUT2D eigenvalue weighted by Gasteiger charge is -1.99. The quantitative estimate of drug-likeness (QED) is 0.714. The highest BCUT2D eigenvalue weighted by Crippen LogP contribution is 2.23. The first kappa shape index (κ1) is 8.94. The average molecular weight is 192 g/mol. The third-order valence-electron chi connectivity index (χ3n) is 1.98. The molecule has 0 atom stereocenters. The van der Waals surface area contributed by atoms with E-state index in [1.54, 1.807) is 12.3 Å². The van der Waals surface area contributed by atoms with Crippen LogP contribution in [-0.2, 0) is 0 Å². The van der Waals surface area contributed by atoms with Gasteiger partial charge in [-0.15, -0.1) is 0 Å². The van der Waals surface area contributed by atoms with Gasteiger partial charge in [0.25, 0.3) is 0 Å². The van der Waals surface area contributed by atoms with Crippen LogP contribution in [0.4, 0.5) is 8.78 Å². The van der Waals surface area contributed by atoms with Gasteiger partial charge in [0.05, 0.1) is 0 Å². The van der Waals surface area contributed by atoms with Gasteiger partial charge in [-0.3, -0.25) is 0 Å². The zero-order valence-electron chi connectivity index (χ0n) is 7.35. The van der Waals surface area contributed by atoms with Crippen LogP contribution in [0.2, 0.25) is 0 Å². The second-order valence-corrected chi connectivity index (χ2v) is 3.04. The fourth-order valence-corrected chi connectivity index (χ4v) is 1.32. The number of nitrogens with one attached hydrogen (secondary N) is 1. The first-order valence-electron chi connectivity index (χ1n) is 4.12. The number of hydrogen-bond donors (Lipinski definition) is 1. The van der Waals surface area contributed by atoms with E-state index in [1.807, 2.05) is 0 Å². The zero-order chi connectivity index (χ0) is 10.1. The van der Waals surface area contributed by atoms with Crippen molar-refractivity contribution < 1.29 is 8.78 Å². The fourth-order valence-electron chi connectivity index (χ4n) is 1.32. The fraction of sp³-hybridized carbons (Fsp3) is 0. The summed E-state index contributed by atoms with van der Waals surface area (Å²) in [7, 11) is 0. The van der Waals surface area contributed by atoms with Crippen LogP contribution >= 0.6 is 0 Å². The van der Waals surface area contributed by atoms with Gasteiger partial charge in [0.2, 0.25) is 0 Å². The molecule has 1 heterocycles. The minimum atomic E-state index is -0.573. The summed E-state index contributed by atoms with van der Waals surface area (Å²) in [6, 6.07) is 5.21. The standard InChI is InChI=1S/C11H8F2N/c1-7-4-8(6-14-7)10-3-2-9(12)5-11(10)13/h2-6,14H,1H2. The lowest BCUT2D eigenvalue weighted by atomic mass is 10.1. The molecular weight excluding hydrogens is 184 g/mol. The van der Waals surface area contributed by atoms with Crippen molar-refractivity contribution in [2.24, 2.45) is 0 Å². The van der Waals surface area contributed by atoms with Crippen molar-refractivity contribution in [2.75, 3.05) is 0 Å². The van der Waals surface area contributed by atoms with Gasteiger partial charge in [0.15, 0.2) is 0 Å². The summed E-state index contributed by atoms with van der Waals surface area (Å²) in [4.78, 5) is 2.84. The van der Waals surface area contributed by atoms with Crippen molar-refractivity contribution in [3.8, 4) is 11.1 Å². The monoisotopic (exact) mass is 192 g/mol. The Balaban J connectivity index is 2.52. The van der Waals surface area contributed by atoms with Crippen LogP contribution in [0.25, 0.3) is 11.1 Å². The van der Waals surface area contributed by atoms with Crippen molar-refractivity contribution >= 4 is 0 Å². The summed E-state index contributed by atoms with van der Waals surface area (Å²) in [5.74, 6) is -1.14. The van der Waals surface area contributed by atoms with Crippen LogP contribution in [0.15, 0.2) is 30.5 Å². The second kappa shape index (κ2) is 3.25. The molecule has 1 aromatic carbocycles. The Labute approximate surface area is 80.4 Å². The summed E-state index contributed by atoms with van der Waals surface area (Å²) in [5, 5.41) is 0. The molecule has 0 unspecified atom stereocenters. The second-order valence-electron chi connectivity index (χ2n) is 3.04. The van der Waals surface area contributed by atoms with E-state index in [0.717, 1.165) is 6.07 Å². The first-order chi connectivity index (χ1) is 6.66. The molecule has 0 saturated heterocycles. The molecule has 14 heavy (non-hydrogen) atoms. The average Bonchev–Trinajstić information content (AvgIpc) is 2.51. The molecule has 0 aliphatic heterocycles. The molecule has 1 nitrogen and oxygen atoms in total. The van der Waals surface area contributed by atoms with E-state index in [2.05, 4.69) is 11.9 Å². The number of benzene rings is 1. The van der Waals surface area contributed by atoms with E-state index < -0.39 is 11.6 Å². The van der Waals surface area contributed by atoms with Crippen LogP contribution in [0.5, 0.6) is 0 Å². The van der Waals surface area contributed by atoms with E-state index in [-0.39, 0.29) is 0 Å². The summed E-state index contributed by atoms with van der Waals surface area (Å²) >= 11 is 0. The summed E-state index contributed by atoms with van der Waals surface area (Å²) in [6.07, 6.45) is 1.64. The number of aromatic nitrogens is 1. The summed E-state index contributed by atoms with van der Waals surface area (Å²) in [6.45, 7) is 3.66. The molecule has 2 rings (SSSR count). The third kappa shape index (κ3) is 1.53.